The van der Waals surface area contributed by atoms with Crippen LogP contribution in [-0.4, -0.2) is 57.7 Å². The number of methoxy groups -OCH3 is 2. The molecular weight excluding hydrogens is 526 g/mol. The third kappa shape index (κ3) is 6.90. The predicted molar refractivity (Wildman–Crippen MR) is 144 cm³/mol. The Morgan fingerprint density at radius 2 is 1.82 bits per heavy atom. The summed E-state index contributed by atoms with van der Waals surface area (Å²) in [6.45, 7) is 0.538. The van der Waals surface area contributed by atoms with Gasteiger partial charge >= 0.3 is 0 Å². The Kier molecular flexibility index (Phi) is 9.45. The second-order valence-electron chi connectivity index (χ2n) is 8.80. The SMILES string of the molecule is COc1ccc([C@@H](C(=O)NC[C@@H]2CCCO2)N(C(=O)CNC(=O)c2ccco2)c2ccc(Cl)cc2)cc1OC. The van der Waals surface area contributed by atoms with Crippen LogP contribution in [0.3, 0.4) is 0 Å². The molecule has 2 N–H and O–H groups in total. The minimum absolute atomic E-state index is 0.0617. The van der Waals surface area contributed by atoms with Gasteiger partial charge in [-0.3, -0.25) is 19.3 Å². The maximum absolute atomic E-state index is 13.8. The number of rotatable bonds is 11. The molecule has 1 fully saturated rings. The molecule has 1 aliphatic heterocycles. The highest BCUT2D eigenvalue weighted by Gasteiger charge is 2.34. The normalized spacial score (nSPS) is 15.3. The van der Waals surface area contributed by atoms with Gasteiger partial charge in [-0.05, 0) is 66.9 Å². The first-order chi connectivity index (χ1) is 18.9. The van der Waals surface area contributed by atoms with Crippen LogP contribution in [0.1, 0.15) is 35.0 Å². The van der Waals surface area contributed by atoms with Gasteiger partial charge in [-0.25, -0.2) is 0 Å². The summed E-state index contributed by atoms with van der Waals surface area (Å²) in [5, 5.41) is 5.96. The molecule has 0 radical (unpaired) electrons. The molecule has 206 valence electrons. The largest absolute Gasteiger partial charge is 0.493 e. The highest BCUT2D eigenvalue weighted by molar-refractivity contribution is 6.30. The summed E-state index contributed by atoms with van der Waals surface area (Å²) in [5.74, 6) is -0.611. The molecule has 10 nitrogen and oxygen atoms in total. The van der Waals surface area contributed by atoms with Gasteiger partial charge in [0.25, 0.3) is 5.91 Å². The van der Waals surface area contributed by atoms with Crippen molar-refractivity contribution < 1.29 is 33.0 Å². The van der Waals surface area contributed by atoms with E-state index in [-0.39, 0.29) is 11.9 Å². The number of hydrogen-bond donors (Lipinski definition) is 2. The van der Waals surface area contributed by atoms with Crippen molar-refractivity contribution in [3.05, 3.63) is 77.2 Å². The number of carbonyl (C=O) groups is 3. The summed E-state index contributed by atoms with van der Waals surface area (Å²) < 4.78 is 21.6. The van der Waals surface area contributed by atoms with Crippen LogP contribution in [0.5, 0.6) is 11.5 Å². The number of carbonyl (C=O) groups excluding carboxylic acids is 3. The molecule has 2 aromatic carbocycles. The fourth-order valence-corrected chi connectivity index (χ4v) is 4.46. The fourth-order valence-electron chi connectivity index (χ4n) is 4.33. The number of benzene rings is 2. The zero-order valence-corrected chi connectivity index (χ0v) is 22.4. The second-order valence-corrected chi connectivity index (χ2v) is 9.23. The van der Waals surface area contributed by atoms with Gasteiger partial charge in [0.15, 0.2) is 17.3 Å². The molecule has 2 heterocycles. The molecule has 1 saturated heterocycles. The Morgan fingerprint density at radius 3 is 2.46 bits per heavy atom. The Balaban J connectivity index is 1.70. The van der Waals surface area contributed by atoms with Crippen LogP contribution in [0.2, 0.25) is 5.02 Å². The van der Waals surface area contributed by atoms with Gasteiger partial charge < -0.3 is 29.3 Å². The molecular formula is C28H30ClN3O7. The summed E-state index contributed by atoms with van der Waals surface area (Å²) >= 11 is 6.12. The monoisotopic (exact) mass is 555 g/mol. The highest BCUT2D eigenvalue weighted by atomic mass is 35.5. The molecule has 2 atom stereocenters. The number of ether oxygens (including phenoxy) is 3. The Bertz CT molecular complexity index is 1270. The van der Waals surface area contributed by atoms with Gasteiger partial charge in [-0.1, -0.05) is 17.7 Å². The number of hydrogen-bond acceptors (Lipinski definition) is 7. The minimum Gasteiger partial charge on any atom is -0.493 e. The van der Waals surface area contributed by atoms with Crippen molar-refractivity contribution in [1.29, 1.82) is 0 Å². The van der Waals surface area contributed by atoms with Gasteiger partial charge in [-0.15, -0.1) is 0 Å². The van der Waals surface area contributed by atoms with E-state index < -0.39 is 30.3 Å². The molecule has 4 rings (SSSR count). The van der Waals surface area contributed by atoms with Crippen LogP contribution in [0.15, 0.2) is 65.3 Å². The minimum atomic E-state index is -1.12. The Hall–Kier alpha value is -4.02. The summed E-state index contributed by atoms with van der Waals surface area (Å²) in [7, 11) is 3.00. The number of nitrogens with one attached hydrogen (secondary N) is 2. The van der Waals surface area contributed by atoms with E-state index in [0.29, 0.717) is 40.9 Å². The average molecular weight is 556 g/mol. The standard InChI is InChI=1S/C28H30ClN3O7/c1-36-22-12-7-18(15-24(22)37-2)26(28(35)30-16-21-5-3-13-38-21)32(20-10-8-19(29)9-11-20)25(33)17-31-27(34)23-6-4-14-39-23/h4,6-12,14-15,21,26H,3,5,13,16-17H2,1-2H3,(H,30,35)(H,31,34)/t21-,26-/m0/s1. The smallest absolute Gasteiger partial charge is 0.287 e. The summed E-state index contributed by atoms with van der Waals surface area (Å²) in [6.07, 6.45) is 3.01. The molecule has 0 spiro atoms. The van der Waals surface area contributed by atoms with Crippen molar-refractivity contribution in [2.75, 3.05) is 38.8 Å². The van der Waals surface area contributed by atoms with E-state index in [1.54, 1.807) is 48.5 Å². The average Bonchev–Trinajstić information content (AvgIpc) is 3.68. The molecule has 3 amide bonds. The Labute approximate surface area is 231 Å². The Morgan fingerprint density at radius 1 is 1.05 bits per heavy atom. The fraction of sp³-hybridized carbons (Fsp3) is 0.321. The first kappa shape index (κ1) is 28.0. The van der Waals surface area contributed by atoms with Crippen LogP contribution >= 0.6 is 11.6 Å². The maximum atomic E-state index is 13.8. The van der Waals surface area contributed by atoms with E-state index in [0.717, 1.165) is 12.8 Å². The van der Waals surface area contributed by atoms with Crippen molar-refractivity contribution in [3.63, 3.8) is 0 Å². The van der Waals surface area contributed by atoms with E-state index in [2.05, 4.69) is 10.6 Å². The van der Waals surface area contributed by atoms with Crippen molar-refractivity contribution in [2.45, 2.75) is 25.0 Å². The number of anilines is 1. The van der Waals surface area contributed by atoms with E-state index >= 15 is 0 Å². The lowest BCUT2D eigenvalue weighted by molar-refractivity contribution is -0.126. The number of furan rings is 1. The van der Waals surface area contributed by atoms with E-state index in [1.165, 1.54) is 31.4 Å². The summed E-state index contributed by atoms with van der Waals surface area (Å²) in [5.41, 5.74) is 0.877. The molecule has 0 aliphatic carbocycles. The molecule has 0 bridgehead atoms. The second kappa shape index (κ2) is 13.2. The molecule has 39 heavy (non-hydrogen) atoms. The number of nitrogens with zero attached hydrogens (tertiary/aromatic N) is 1. The van der Waals surface area contributed by atoms with Crippen LogP contribution in [0.25, 0.3) is 0 Å². The third-order valence-electron chi connectivity index (χ3n) is 6.28. The zero-order valence-electron chi connectivity index (χ0n) is 21.6. The first-order valence-electron chi connectivity index (χ1n) is 12.4. The summed E-state index contributed by atoms with van der Waals surface area (Å²) in [4.78, 5) is 41.4. The van der Waals surface area contributed by atoms with Gasteiger partial charge in [0.2, 0.25) is 11.8 Å². The molecule has 3 aromatic rings. The van der Waals surface area contributed by atoms with E-state index in [4.69, 9.17) is 30.2 Å². The quantitative estimate of drug-likeness (QED) is 0.370. The van der Waals surface area contributed by atoms with Crippen LogP contribution in [0.4, 0.5) is 5.69 Å². The highest BCUT2D eigenvalue weighted by Crippen LogP contribution is 2.35. The predicted octanol–water partition coefficient (Wildman–Crippen LogP) is 3.75. The lowest BCUT2D eigenvalue weighted by Crippen LogP contribution is -2.48. The number of amides is 3. The lowest BCUT2D eigenvalue weighted by Gasteiger charge is -2.32. The van der Waals surface area contributed by atoms with Crippen molar-refractivity contribution in [1.82, 2.24) is 10.6 Å². The van der Waals surface area contributed by atoms with Crippen LogP contribution in [-0.2, 0) is 14.3 Å². The van der Waals surface area contributed by atoms with Gasteiger partial charge in [0.1, 0.15) is 6.04 Å². The molecule has 0 saturated carbocycles. The summed E-state index contributed by atoms with van der Waals surface area (Å²) in [6, 6.07) is 13.4. The van der Waals surface area contributed by atoms with Gasteiger partial charge in [0, 0.05) is 23.9 Å². The first-order valence-corrected chi connectivity index (χ1v) is 12.8. The van der Waals surface area contributed by atoms with Crippen LogP contribution < -0.4 is 25.0 Å². The molecule has 11 heteroatoms. The van der Waals surface area contributed by atoms with Crippen molar-refractivity contribution >= 4 is 35.0 Å². The maximum Gasteiger partial charge on any atom is 0.287 e. The van der Waals surface area contributed by atoms with Crippen molar-refractivity contribution in [3.8, 4) is 11.5 Å². The van der Waals surface area contributed by atoms with Crippen molar-refractivity contribution in [2.24, 2.45) is 0 Å². The van der Waals surface area contributed by atoms with Gasteiger partial charge in [-0.2, -0.15) is 0 Å². The topological polar surface area (TPSA) is 119 Å². The van der Waals surface area contributed by atoms with Gasteiger partial charge in [0.05, 0.1) is 33.1 Å². The van der Waals surface area contributed by atoms with E-state index in [1.807, 2.05) is 0 Å². The molecule has 0 unspecified atom stereocenters. The zero-order chi connectivity index (χ0) is 27.8. The lowest BCUT2D eigenvalue weighted by atomic mass is 10.0. The molecule has 1 aromatic heterocycles. The third-order valence-corrected chi connectivity index (χ3v) is 6.53. The van der Waals surface area contributed by atoms with E-state index in [9.17, 15) is 14.4 Å². The van der Waals surface area contributed by atoms with Crippen LogP contribution in [0, 0.1) is 0 Å². The number of halogens is 1. The molecule has 1 aliphatic rings.